The molecule has 1 aromatic carbocycles. The zero-order chi connectivity index (χ0) is 15.5. The molecule has 0 saturated carbocycles. The minimum absolute atomic E-state index is 0.220. The van der Waals surface area contributed by atoms with Crippen molar-refractivity contribution in [2.75, 3.05) is 6.54 Å². The molecule has 4 nitrogen and oxygen atoms in total. The van der Waals surface area contributed by atoms with E-state index in [0.29, 0.717) is 16.8 Å². The van der Waals surface area contributed by atoms with E-state index >= 15 is 0 Å². The third-order valence-electron chi connectivity index (χ3n) is 2.86. The monoisotopic (exact) mass is 426 g/mol. The minimum Gasteiger partial charge on any atom is -0.329 e. The van der Waals surface area contributed by atoms with Crippen molar-refractivity contribution in [3.63, 3.8) is 0 Å². The highest BCUT2D eigenvalue weighted by Crippen LogP contribution is 2.29. The first-order chi connectivity index (χ1) is 9.17. The van der Waals surface area contributed by atoms with Crippen LogP contribution < -0.4 is 10.5 Å². The van der Waals surface area contributed by atoms with Gasteiger partial charge in [0.25, 0.3) is 0 Å². The van der Waals surface area contributed by atoms with Gasteiger partial charge < -0.3 is 5.73 Å². The molecule has 0 fully saturated rings. The molecule has 0 aromatic heterocycles. The second-order valence-corrected chi connectivity index (χ2v) is 8.61. The zero-order valence-corrected chi connectivity index (χ0v) is 15.8. The Kier molecular flexibility index (Phi) is 6.66. The number of halogens is 2. The van der Waals surface area contributed by atoms with Crippen LogP contribution in [0.15, 0.2) is 26.0 Å². The number of hydrogen-bond acceptors (Lipinski definition) is 3. The fourth-order valence-electron chi connectivity index (χ4n) is 1.88. The van der Waals surface area contributed by atoms with Crippen LogP contribution in [0.2, 0.25) is 0 Å². The highest BCUT2D eigenvalue weighted by atomic mass is 79.9. The summed E-state index contributed by atoms with van der Waals surface area (Å²) in [4.78, 5) is 0.220. The van der Waals surface area contributed by atoms with Crippen molar-refractivity contribution in [3.8, 4) is 0 Å². The van der Waals surface area contributed by atoms with Gasteiger partial charge in [0.1, 0.15) is 0 Å². The summed E-state index contributed by atoms with van der Waals surface area (Å²) in [6, 6.07) is 3.12. The van der Waals surface area contributed by atoms with Gasteiger partial charge in [0.05, 0.1) is 4.90 Å². The lowest BCUT2D eigenvalue weighted by atomic mass is 10.1. The lowest BCUT2D eigenvalue weighted by molar-refractivity contribution is 0.465. The third kappa shape index (κ3) is 4.80. The molecular formula is C13H20Br2N2O2S. The van der Waals surface area contributed by atoms with Gasteiger partial charge in [-0.3, -0.25) is 0 Å². The fraction of sp³-hybridized carbons (Fsp3) is 0.538. The van der Waals surface area contributed by atoms with Crippen molar-refractivity contribution < 1.29 is 8.42 Å². The molecule has 0 radical (unpaired) electrons. The van der Waals surface area contributed by atoms with Gasteiger partial charge in [-0.05, 0) is 52.9 Å². The molecule has 0 saturated heterocycles. The summed E-state index contributed by atoms with van der Waals surface area (Å²) >= 11 is 6.67. The number of sulfonamides is 1. The molecule has 0 heterocycles. The zero-order valence-electron chi connectivity index (χ0n) is 11.8. The molecule has 114 valence electrons. The second kappa shape index (κ2) is 7.35. The second-order valence-electron chi connectivity index (χ2n) is 5.22. The van der Waals surface area contributed by atoms with Crippen LogP contribution in [0.1, 0.15) is 25.8 Å². The van der Waals surface area contributed by atoms with Crippen LogP contribution in [0.4, 0.5) is 0 Å². The largest absolute Gasteiger partial charge is 0.329 e. The van der Waals surface area contributed by atoms with Crippen LogP contribution in [-0.4, -0.2) is 21.0 Å². The van der Waals surface area contributed by atoms with E-state index in [2.05, 4.69) is 36.6 Å². The first-order valence-corrected chi connectivity index (χ1v) is 9.42. The number of nitrogens with one attached hydrogen (secondary N) is 1. The minimum atomic E-state index is -3.59. The SMILES string of the molecule is Cc1cc(Br)c(S(=O)(=O)NC(CN)CC(C)C)cc1Br. The first-order valence-electron chi connectivity index (χ1n) is 6.35. The van der Waals surface area contributed by atoms with E-state index in [9.17, 15) is 8.42 Å². The maximum absolute atomic E-state index is 12.4. The van der Waals surface area contributed by atoms with Crippen LogP contribution in [0, 0.1) is 12.8 Å². The third-order valence-corrected chi connectivity index (χ3v) is 6.20. The molecular weight excluding hydrogens is 408 g/mol. The standard InChI is InChI=1S/C13H20Br2N2O2S/c1-8(2)4-10(7-16)17-20(18,19)13-6-11(14)9(3)5-12(13)15/h5-6,8,10,17H,4,7,16H2,1-3H3. The van der Waals surface area contributed by atoms with Gasteiger partial charge in [-0.1, -0.05) is 29.8 Å². The average Bonchev–Trinajstić information content (AvgIpc) is 2.31. The Morgan fingerprint density at radius 2 is 1.85 bits per heavy atom. The van der Waals surface area contributed by atoms with Crippen LogP contribution in [0.25, 0.3) is 0 Å². The molecule has 7 heteroatoms. The Morgan fingerprint density at radius 1 is 1.25 bits per heavy atom. The summed E-state index contributed by atoms with van der Waals surface area (Å²) in [6.45, 7) is 6.26. The summed E-state index contributed by atoms with van der Waals surface area (Å²) in [5.41, 5.74) is 6.62. The predicted molar refractivity (Wildman–Crippen MR) is 89.2 cm³/mol. The maximum Gasteiger partial charge on any atom is 0.242 e. The number of benzene rings is 1. The molecule has 1 rings (SSSR count). The highest BCUT2D eigenvalue weighted by Gasteiger charge is 2.23. The average molecular weight is 428 g/mol. The fourth-order valence-corrected chi connectivity index (χ4v) is 4.82. The van der Waals surface area contributed by atoms with E-state index in [-0.39, 0.29) is 17.5 Å². The van der Waals surface area contributed by atoms with E-state index in [4.69, 9.17) is 5.73 Å². The van der Waals surface area contributed by atoms with E-state index in [1.165, 1.54) is 0 Å². The number of hydrogen-bond donors (Lipinski definition) is 2. The first kappa shape index (κ1) is 18.1. The summed E-state index contributed by atoms with van der Waals surface area (Å²) in [5, 5.41) is 0. The van der Waals surface area contributed by atoms with Crippen LogP contribution in [0.3, 0.4) is 0 Å². The van der Waals surface area contributed by atoms with Gasteiger partial charge in [-0.15, -0.1) is 0 Å². The van der Waals surface area contributed by atoms with Crippen LogP contribution >= 0.6 is 31.9 Å². The van der Waals surface area contributed by atoms with E-state index < -0.39 is 10.0 Å². The van der Waals surface area contributed by atoms with Gasteiger partial charge in [-0.2, -0.15) is 0 Å². The van der Waals surface area contributed by atoms with Gasteiger partial charge in [0, 0.05) is 21.5 Å². The molecule has 20 heavy (non-hydrogen) atoms. The number of nitrogens with two attached hydrogens (primary N) is 1. The van der Waals surface area contributed by atoms with Crippen molar-refractivity contribution in [3.05, 3.63) is 26.6 Å². The number of aryl methyl sites for hydroxylation is 1. The predicted octanol–water partition coefficient (Wildman–Crippen LogP) is 3.17. The van der Waals surface area contributed by atoms with Gasteiger partial charge in [-0.25, -0.2) is 13.1 Å². The van der Waals surface area contributed by atoms with Crippen molar-refractivity contribution in [1.29, 1.82) is 0 Å². The summed E-state index contributed by atoms with van der Waals surface area (Å²) in [7, 11) is -3.59. The topological polar surface area (TPSA) is 72.2 Å². The Morgan fingerprint density at radius 3 is 2.35 bits per heavy atom. The lowest BCUT2D eigenvalue weighted by Gasteiger charge is -2.19. The molecule has 0 amide bonds. The van der Waals surface area contributed by atoms with Crippen molar-refractivity contribution >= 4 is 41.9 Å². The van der Waals surface area contributed by atoms with E-state index in [0.717, 1.165) is 10.0 Å². The molecule has 1 atom stereocenters. The molecule has 1 unspecified atom stereocenters. The summed E-state index contributed by atoms with van der Waals surface area (Å²) in [6.07, 6.45) is 0.709. The van der Waals surface area contributed by atoms with Gasteiger partial charge in [0.15, 0.2) is 0 Å². The quantitative estimate of drug-likeness (QED) is 0.732. The molecule has 0 aliphatic carbocycles. The normalized spacial score (nSPS) is 13.8. The van der Waals surface area contributed by atoms with Crippen LogP contribution in [-0.2, 0) is 10.0 Å². The Hall–Kier alpha value is 0.0500. The number of rotatable bonds is 6. The molecule has 1 aromatic rings. The summed E-state index contributed by atoms with van der Waals surface area (Å²) in [5.74, 6) is 0.374. The van der Waals surface area contributed by atoms with Gasteiger partial charge >= 0.3 is 0 Å². The Bertz CT molecular complexity index is 574. The van der Waals surface area contributed by atoms with Crippen molar-refractivity contribution in [1.82, 2.24) is 4.72 Å². The molecule has 0 bridgehead atoms. The molecule has 3 N–H and O–H groups in total. The van der Waals surface area contributed by atoms with E-state index in [1.54, 1.807) is 12.1 Å². The smallest absolute Gasteiger partial charge is 0.242 e. The van der Waals surface area contributed by atoms with E-state index in [1.807, 2.05) is 20.8 Å². The summed E-state index contributed by atoms with van der Waals surface area (Å²) < 4.78 is 28.9. The van der Waals surface area contributed by atoms with Crippen LogP contribution in [0.5, 0.6) is 0 Å². The maximum atomic E-state index is 12.4. The molecule has 0 aliphatic heterocycles. The van der Waals surface area contributed by atoms with Crippen molar-refractivity contribution in [2.45, 2.75) is 38.1 Å². The molecule has 0 aliphatic rings. The highest BCUT2D eigenvalue weighted by molar-refractivity contribution is 9.11. The van der Waals surface area contributed by atoms with Gasteiger partial charge in [0.2, 0.25) is 10.0 Å². The molecule has 0 spiro atoms. The Balaban J connectivity index is 3.08. The van der Waals surface area contributed by atoms with Crippen molar-refractivity contribution in [2.24, 2.45) is 11.7 Å². The lowest BCUT2D eigenvalue weighted by Crippen LogP contribution is -2.41. The Labute approximate surface area is 137 Å².